The van der Waals surface area contributed by atoms with Gasteiger partial charge in [-0.3, -0.25) is 4.79 Å². The second-order valence-corrected chi connectivity index (χ2v) is 7.46. The number of carbonyl (C=O) groups is 1. The first-order chi connectivity index (χ1) is 9.57. The summed E-state index contributed by atoms with van der Waals surface area (Å²) in [5.41, 5.74) is 1.00. The predicted molar refractivity (Wildman–Crippen MR) is 79.2 cm³/mol. The van der Waals surface area contributed by atoms with Gasteiger partial charge in [0.15, 0.2) is 0 Å². The molecule has 4 bridgehead atoms. The monoisotopic (exact) mass is 277 g/mol. The average Bonchev–Trinajstić information content (AvgIpc) is 2.36. The van der Waals surface area contributed by atoms with E-state index in [4.69, 9.17) is 4.74 Å². The Hall–Kier alpha value is -0.830. The average molecular weight is 277 g/mol. The first kappa shape index (κ1) is 14.1. The third-order valence-electron chi connectivity index (χ3n) is 5.40. The predicted octanol–water partition coefficient (Wildman–Crippen LogP) is 2.91. The summed E-state index contributed by atoms with van der Waals surface area (Å²) in [4.78, 5) is 12.6. The third-order valence-corrected chi connectivity index (χ3v) is 5.40. The van der Waals surface area contributed by atoms with E-state index in [0.717, 1.165) is 42.6 Å². The van der Waals surface area contributed by atoms with Crippen LogP contribution in [0, 0.1) is 23.2 Å². The van der Waals surface area contributed by atoms with E-state index in [2.05, 4.69) is 11.9 Å². The molecule has 0 radical (unpaired) electrons. The Morgan fingerprint density at radius 2 is 1.75 bits per heavy atom. The minimum absolute atomic E-state index is 0.0247. The van der Waals surface area contributed by atoms with Gasteiger partial charge in [-0.05, 0) is 63.2 Å². The lowest BCUT2D eigenvalue weighted by Crippen LogP contribution is -2.53. The van der Waals surface area contributed by atoms with Crippen LogP contribution in [-0.4, -0.2) is 25.7 Å². The van der Waals surface area contributed by atoms with Crippen molar-refractivity contribution < 1.29 is 9.53 Å². The number of hydrogen-bond donors (Lipinski definition) is 1. The van der Waals surface area contributed by atoms with E-state index >= 15 is 0 Å². The van der Waals surface area contributed by atoms with Crippen LogP contribution in [0.3, 0.4) is 0 Å². The Kier molecular flexibility index (Phi) is 3.89. The molecule has 3 heteroatoms. The fourth-order valence-corrected chi connectivity index (χ4v) is 5.06. The topological polar surface area (TPSA) is 38.3 Å². The fourth-order valence-electron chi connectivity index (χ4n) is 5.06. The highest BCUT2D eigenvalue weighted by Gasteiger charge is 2.54. The molecule has 4 saturated carbocycles. The molecule has 1 amide bonds. The SMILES string of the molecule is C=C(C)COCCNC(=O)C12CC3CC(CC(C3)C1)C2. The van der Waals surface area contributed by atoms with Crippen LogP contribution < -0.4 is 5.32 Å². The Morgan fingerprint density at radius 1 is 1.20 bits per heavy atom. The summed E-state index contributed by atoms with van der Waals surface area (Å²) in [5.74, 6) is 2.78. The molecular formula is C17H27NO2. The molecule has 0 spiro atoms. The Morgan fingerprint density at radius 3 is 2.25 bits per heavy atom. The molecule has 4 aliphatic rings. The van der Waals surface area contributed by atoms with Gasteiger partial charge in [0.2, 0.25) is 5.91 Å². The maximum atomic E-state index is 12.6. The molecule has 4 aliphatic carbocycles. The summed E-state index contributed by atoms with van der Waals surface area (Å²) in [6.07, 6.45) is 7.56. The summed E-state index contributed by atoms with van der Waals surface area (Å²) in [6.45, 7) is 7.57. The van der Waals surface area contributed by atoms with Crippen LogP contribution in [0.4, 0.5) is 0 Å². The van der Waals surface area contributed by atoms with Gasteiger partial charge in [-0.1, -0.05) is 12.2 Å². The zero-order valence-corrected chi connectivity index (χ0v) is 12.6. The summed E-state index contributed by atoms with van der Waals surface area (Å²) < 4.78 is 5.45. The molecule has 20 heavy (non-hydrogen) atoms. The van der Waals surface area contributed by atoms with Gasteiger partial charge in [0, 0.05) is 12.0 Å². The number of rotatable bonds is 6. The van der Waals surface area contributed by atoms with Crippen molar-refractivity contribution in [3.63, 3.8) is 0 Å². The van der Waals surface area contributed by atoms with Gasteiger partial charge in [-0.25, -0.2) is 0 Å². The van der Waals surface area contributed by atoms with E-state index in [1.807, 2.05) is 6.92 Å². The fraction of sp³-hybridized carbons (Fsp3) is 0.824. The largest absolute Gasteiger partial charge is 0.375 e. The maximum Gasteiger partial charge on any atom is 0.226 e. The normalized spacial score (nSPS) is 38.0. The lowest BCUT2D eigenvalue weighted by atomic mass is 9.49. The summed E-state index contributed by atoms with van der Waals surface area (Å²) in [5, 5.41) is 3.12. The summed E-state index contributed by atoms with van der Waals surface area (Å²) >= 11 is 0. The highest BCUT2D eigenvalue weighted by atomic mass is 16.5. The van der Waals surface area contributed by atoms with E-state index in [1.165, 1.54) is 19.3 Å². The molecule has 0 atom stereocenters. The van der Waals surface area contributed by atoms with Crippen molar-refractivity contribution in [3.05, 3.63) is 12.2 Å². The van der Waals surface area contributed by atoms with Gasteiger partial charge in [0.1, 0.15) is 0 Å². The van der Waals surface area contributed by atoms with Gasteiger partial charge >= 0.3 is 0 Å². The number of amides is 1. The highest BCUT2D eigenvalue weighted by molar-refractivity contribution is 5.83. The molecular weight excluding hydrogens is 250 g/mol. The van der Waals surface area contributed by atoms with Crippen LogP contribution in [0.1, 0.15) is 45.4 Å². The number of ether oxygens (including phenoxy) is 1. The molecule has 1 N–H and O–H groups in total. The minimum Gasteiger partial charge on any atom is -0.375 e. The highest BCUT2D eigenvalue weighted by Crippen LogP contribution is 2.60. The van der Waals surface area contributed by atoms with Crippen molar-refractivity contribution >= 4 is 5.91 Å². The van der Waals surface area contributed by atoms with E-state index in [9.17, 15) is 4.79 Å². The van der Waals surface area contributed by atoms with Crippen LogP contribution in [0.25, 0.3) is 0 Å². The van der Waals surface area contributed by atoms with E-state index in [-0.39, 0.29) is 5.41 Å². The first-order valence-electron chi connectivity index (χ1n) is 8.08. The molecule has 0 heterocycles. The van der Waals surface area contributed by atoms with Crippen LogP contribution >= 0.6 is 0 Å². The first-order valence-corrected chi connectivity index (χ1v) is 8.08. The van der Waals surface area contributed by atoms with Crippen LogP contribution in [-0.2, 0) is 9.53 Å². The number of hydrogen-bond acceptors (Lipinski definition) is 2. The van der Waals surface area contributed by atoms with E-state index in [1.54, 1.807) is 0 Å². The number of carbonyl (C=O) groups excluding carboxylic acids is 1. The van der Waals surface area contributed by atoms with Gasteiger partial charge in [-0.2, -0.15) is 0 Å². The zero-order chi connectivity index (χ0) is 14.2. The maximum absolute atomic E-state index is 12.6. The third kappa shape index (κ3) is 2.78. The Balaban J connectivity index is 1.48. The molecule has 3 nitrogen and oxygen atoms in total. The molecule has 4 rings (SSSR count). The Bertz CT molecular complexity index is 367. The molecule has 0 saturated heterocycles. The molecule has 0 aliphatic heterocycles. The Labute approximate surface area is 122 Å². The van der Waals surface area contributed by atoms with Crippen LogP contribution in [0.2, 0.25) is 0 Å². The molecule has 0 aromatic heterocycles. The molecule has 0 aromatic rings. The van der Waals surface area contributed by atoms with Crippen molar-refractivity contribution in [2.75, 3.05) is 19.8 Å². The number of nitrogens with one attached hydrogen (secondary N) is 1. The quantitative estimate of drug-likeness (QED) is 0.599. The van der Waals surface area contributed by atoms with Crippen LogP contribution in [0.5, 0.6) is 0 Å². The second kappa shape index (κ2) is 5.51. The molecule has 4 fully saturated rings. The summed E-state index contributed by atoms with van der Waals surface area (Å²) in [6, 6.07) is 0. The van der Waals surface area contributed by atoms with Gasteiger partial charge in [0.25, 0.3) is 0 Å². The van der Waals surface area contributed by atoms with Gasteiger partial charge in [-0.15, -0.1) is 0 Å². The smallest absolute Gasteiger partial charge is 0.226 e. The zero-order valence-electron chi connectivity index (χ0n) is 12.6. The van der Waals surface area contributed by atoms with Gasteiger partial charge in [0.05, 0.1) is 13.2 Å². The van der Waals surface area contributed by atoms with Crippen molar-refractivity contribution in [1.82, 2.24) is 5.32 Å². The van der Waals surface area contributed by atoms with Crippen molar-refractivity contribution in [3.8, 4) is 0 Å². The van der Waals surface area contributed by atoms with Crippen molar-refractivity contribution in [1.29, 1.82) is 0 Å². The van der Waals surface area contributed by atoms with Gasteiger partial charge < -0.3 is 10.1 Å². The molecule has 0 unspecified atom stereocenters. The molecule has 112 valence electrons. The lowest BCUT2D eigenvalue weighted by molar-refractivity contribution is -0.146. The van der Waals surface area contributed by atoms with Crippen molar-refractivity contribution in [2.24, 2.45) is 23.2 Å². The standard InChI is InChI=1S/C17H27NO2/c1-12(2)11-20-4-3-18-16(19)17-8-13-5-14(9-17)7-15(6-13)10-17/h13-15H,1,3-11H2,2H3,(H,18,19). The second-order valence-electron chi connectivity index (χ2n) is 7.46. The molecule has 0 aromatic carbocycles. The van der Waals surface area contributed by atoms with Crippen LogP contribution in [0.15, 0.2) is 12.2 Å². The summed E-state index contributed by atoms with van der Waals surface area (Å²) in [7, 11) is 0. The minimum atomic E-state index is -0.0247. The van der Waals surface area contributed by atoms with Crippen molar-refractivity contribution in [2.45, 2.75) is 45.4 Å². The van der Waals surface area contributed by atoms with E-state index in [0.29, 0.717) is 25.7 Å². The lowest BCUT2D eigenvalue weighted by Gasteiger charge is -2.55. The van der Waals surface area contributed by atoms with E-state index < -0.39 is 0 Å².